The largest absolute Gasteiger partial charge is 0.352 e. The van der Waals surface area contributed by atoms with E-state index >= 15 is 0 Å². The van der Waals surface area contributed by atoms with Gasteiger partial charge in [0.15, 0.2) is 0 Å². The molecule has 2 aromatic carbocycles. The van der Waals surface area contributed by atoms with Gasteiger partial charge in [0.05, 0.1) is 11.9 Å². The molecule has 0 spiro atoms. The zero-order chi connectivity index (χ0) is 27.8. The Bertz CT molecular complexity index is 1180. The summed E-state index contributed by atoms with van der Waals surface area (Å²) in [7, 11) is -3.67. The van der Waals surface area contributed by atoms with Crippen LogP contribution in [0.1, 0.15) is 52.0 Å². The minimum Gasteiger partial charge on any atom is -0.352 e. The van der Waals surface area contributed by atoms with E-state index in [1.165, 1.54) is 29.2 Å². The minimum atomic E-state index is -3.67. The first kappa shape index (κ1) is 30.9. The van der Waals surface area contributed by atoms with E-state index < -0.39 is 21.9 Å². The molecule has 0 aromatic heterocycles. The topological polar surface area (TPSA) is 86.8 Å². The highest BCUT2D eigenvalue weighted by atomic mass is 35.5. The van der Waals surface area contributed by atoms with Crippen LogP contribution in [0.3, 0.4) is 0 Å². The number of halogens is 3. The highest BCUT2D eigenvalue weighted by Gasteiger charge is 2.30. The lowest BCUT2D eigenvalue weighted by atomic mass is 10.1. The second-order valence-electron chi connectivity index (χ2n) is 8.91. The van der Waals surface area contributed by atoms with Crippen LogP contribution in [0.2, 0.25) is 10.0 Å². The summed E-state index contributed by atoms with van der Waals surface area (Å²) >= 11 is 12.4. The summed E-state index contributed by atoms with van der Waals surface area (Å²) in [6.45, 7) is 5.78. The number of carbonyl (C=O) groups excluding carboxylic acids is 2. The van der Waals surface area contributed by atoms with Crippen molar-refractivity contribution >= 4 is 50.7 Å². The zero-order valence-electron chi connectivity index (χ0n) is 21.5. The third-order valence-electron chi connectivity index (χ3n) is 6.01. The van der Waals surface area contributed by atoms with Crippen LogP contribution in [0.25, 0.3) is 0 Å². The molecule has 2 aromatic rings. The van der Waals surface area contributed by atoms with E-state index in [0.29, 0.717) is 27.7 Å². The number of sulfonamides is 1. The van der Waals surface area contributed by atoms with E-state index in [2.05, 4.69) is 5.32 Å². The molecule has 204 valence electrons. The van der Waals surface area contributed by atoms with Gasteiger partial charge in [-0.1, -0.05) is 43.1 Å². The lowest BCUT2D eigenvalue weighted by molar-refractivity contribution is -0.141. The SMILES string of the molecule is CC[C@@H](C)NC(=O)[C@H](CC)N(Cc1ccc(Cl)cc1Cl)C(=O)CCCN(c1ccc(F)cc1)S(C)(=O)=O. The molecule has 2 atom stereocenters. The van der Waals surface area contributed by atoms with Crippen molar-refractivity contribution in [2.75, 3.05) is 17.1 Å². The molecule has 0 aliphatic rings. The summed E-state index contributed by atoms with van der Waals surface area (Å²) in [6, 6.07) is 9.26. The van der Waals surface area contributed by atoms with Crippen molar-refractivity contribution in [2.45, 2.75) is 65.1 Å². The summed E-state index contributed by atoms with van der Waals surface area (Å²) in [4.78, 5) is 28.0. The Morgan fingerprint density at radius 3 is 2.24 bits per heavy atom. The molecular formula is C26H34Cl2FN3O4S. The summed E-state index contributed by atoms with van der Waals surface area (Å²) in [5, 5.41) is 3.77. The highest BCUT2D eigenvalue weighted by molar-refractivity contribution is 7.92. The van der Waals surface area contributed by atoms with Crippen LogP contribution in [-0.2, 0) is 26.2 Å². The van der Waals surface area contributed by atoms with Gasteiger partial charge in [-0.05, 0) is 68.1 Å². The van der Waals surface area contributed by atoms with E-state index in [4.69, 9.17) is 23.2 Å². The molecule has 0 heterocycles. The molecule has 37 heavy (non-hydrogen) atoms. The Balaban J connectivity index is 2.25. The Morgan fingerprint density at radius 2 is 1.70 bits per heavy atom. The average molecular weight is 575 g/mol. The highest BCUT2D eigenvalue weighted by Crippen LogP contribution is 2.25. The number of benzene rings is 2. The molecule has 7 nitrogen and oxygen atoms in total. The van der Waals surface area contributed by atoms with Crippen LogP contribution in [0.5, 0.6) is 0 Å². The van der Waals surface area contributed by atoms with Gasteiger partial charge in [0.1, 0.15) is 11.9 Å². The first-order valence-corrected chi connectivity index (χ1v) is 14.7. The molecule has 0 bridgehead atoms. The van der Waals surface area contributed by atoms with Crippen molar-refractivity contribution in [1.82, 2.24) is 10.2 Å². The van der Waals surface area contributed by atoms with Gasteiger partial charge in [0, 0.05) is 35.6 Å². The van der Waals surface area contributed by atoms with Gasteiger partial charge in [-0.15, -0.1) is 0 Å². The summed E-state index contributed by atoms with van der Waals surface area (Å²) in [6.07, 6.45) is 2.36. The normalized spacial score (nSPS) is 13.1. The number of hydrogen-bond acceptors (Lipinski definition) is 4. The zero-order valence-corrected chi connectivity index (χ0v) is 23.8. The third kappa shape index (κ3) is 9.16. The maximum absolute atomic E-state index is 13.5. The third-order valence-corrected chi connectivity index (χ3v) is 7.79. The Morgan fingerprint density at radius 1 is 1.05 bits per heavy atom. The number of hydrogen-bond donors (Lipinski definition) is 1. The number of anilines is 1. The van der Waals surface area contributed by atoms with E-state index in [9.17, 15) is 22.4 Å². The molecule has 2 rings (SSSR count). The lowest BCUT2D eigenvalue weighted by Gasteiger charge is -2.32. The van der Waals surface area contributed by atoms with E-state index in [1.54, 1.807) is 18.2 Å². The van der Waals surface area contributed by atoms with Crippen molar-refractivity contribution in [3.05, 3.63) is 63.9 Å². The fourth-order valence-electron chi connectivity index (χ4n) is 3.81. The molecular weight excluding hydrogens is 540 g/mol. The van der Waals surface area contributed by atoms with Gasteiger partial charge in [-0.2, -0.15) is 0 Å². The van der Waals surface area contributed by atoms with Gasteiger partial charge in [-0.25, -0.2) is 12.8 Å². The van der Waals surface area contributed by atoms with E-state index in [1.807, 2.05) is 20.8 Å². The molecule has 0 saturated carbocycles. The van der Waals surface area contributed by atoms with Crippen LogP contribution in [0.4, 0.5) is 10.1 Å². The van der Waals surface area contributed by atoms with Crippen LogP contribution in [0, 0.1) is 5.82 Å². The fraction of sp³-hybridized carbons (Fsp3) is 0.462. The number of rotatable bonds is 13. The van der Waals surface area contributed by atoms with E-state index in [-0.39, 0.29) is 43.8 Å². The maximum atomic E-state index is 13.5. The Kier molecular flexibility index (Phi) is 11.7. The van der Waals surface area contributed by atoms with Crippen molar-refractivity contribution < 1.29 is 22.4 Å². The molecule has 0 fully saturated rings. The maximum Gasteiger partial charge on any atom is 0.243 e. The molecule has 11 heteroatoms. The van der Waals surface area contributed by atoms with Gasteiger partial charge < -0.3 is 10.2 Å². The van der Waals surface area contributed by atoms with Crippen LogP contribution in [-0.4, -0.2) is 50.0 Å². The summed E-state index contributed by atoms with van der Waals surface area (Å²) in [5.74, 6) is -1.06. The number of nitrogens with one attached hydrogen (secondary N) is 1. The number of carbonyl (C=O) groups is 2. The monoisotopic (exact) mass is 573 g/mol. The molecule has 2 amide bonds. The van der Waals surface area contributed by atoms with Gasteiger partial charge >= 0.3 is 0 Å². The van der Waals surface area contributed by atoms with Crippen LogP contribution < -0.4 is 9.62 Å². The first-order chi connectivity index (χ1) is 17.4. The second-order valence-corrected chi connectivity index (χ2v) is 11.7. The van der Waals surface area contributed by atoms with Crippen LogP contribution >= 0.6 is 23.2 Å². The Labute approximate surface area is 229 Å². The standard InChI is InChI=1S/C26H34Cl2FN3O4S/c1-5-18(3)30-26(34)24(6-2)31(17-19-9-10-20(27)16-23(19)28)25(33)8-7-15-32(37(4,35)36)22-13-11-21(29)12-14-22/h9-14,16,18,24H,5-8,15,17H2,1-4H3,(H,30,34)/t18-,24+/m1/s1. The number of amides is 2. The van der Waals surface area contributed by atoms with E-state index in [0.717, 1.165) is 17.0 Å². The Hall–Kier alpha value is -2.36. The predicted octanol–water partition coefficient (Wildman–Crippen LogP) is 5.40. The van der Waals surface area contributed by atoms with Crippen molar-refractivity contribution in [3.8, 4) is 0 Å². The number of nitrogens with zero attached hydrogens (tertiary/aromatic N) is 2. The summed E-state index contributed by atoms with van der Waals surface area (Å²) < 4.78 is 39.2. The molecule has 0 radical (unpaired) electrons. The fourth-order valence-corrected chi connectivity index (χ4v) is 5.24. The molecule has 0 saturated heterocycles. The average Bonchev–Trinajstić information content (AvgIpc) is 2.82. The van der Waals surface area contributed by atoms with Crippen molar-refractivity contribution in [1.29, 1.82) is 0 Å². The molecule has 0 aliphatic carbocycles. The van der Waals surface area contributed by atoms with Gasteiger partial charge in [-0.3, -0.25) is 13.9 Å². The van der Waals surface area contributed by atoms with Crippen molar-refractivity contribution in [2.24, 2.45) is 0 Å². The lowest BCUT2D eigenvalue weighted by Crippen LogP contribution is -2.50. The van der Waals surface area contributed by atoms with Gasteiger partial charge in [0.25, 0.3) is 0 Å². The smallest absolute Gasteiger partial charge is 0.243 e. The van der Waals surface area contributed by atoms with Crippen molar-refractivity contribution in [3.63, 3.8) is 0 Å². The molecule has 0 unspecified atom stereocenters. The first-order valence-electron chi connectivity index (χ1n) is 12.1. The predicted molar refractivity (Wildman–Crippen MR) is 147 cm³/mol. The molecule has 0 aliphatic heterocycles. The molecule has 1 N–H and O–H groups in total. The van der Waals surface area contributed by atoms with Gasteiger partial charge in [0.2, 0.25) is 21.8 Å². The quantitative estimate of drug-likeness (QED) is 0.347. The summed E-state index contributed by atoms with van der Waals surface area (Å²) in [5.41, 5.74) is 0.943. The second kappa shape index (κ2) is 14.0. The van der Waals surface area contributed by atoms with Crippen LogP contribution in [0.15, 0.2) is 42.5 Å². The minimum absolute atomic E-state index is 0.00840.